The molecule has 0 aliphatic carbocycles. The van der Waals surface area contributed by atoms with Gasteiger partial charge < -0.3 is 19.7 Å². The van der Waals surface area contributed by atoms with Crippen LogP contribution in [0, 0.1) is 12.8 Å². The van der Waals surface area contributed by atoms with Crippen LogP contribution >= 0.6 is 0 Å². The number of nitrogens with zero attached hydrogens (tertiary/aromatic N) is 2. The van der Waals surface area contributed by atoms with Gasteiger partial charge in [0.05, 0.1) is 12.0 Å². The normalized spacial score (nSPS) is 21.3. The highest BCUT2D eigenvalue weighted by atomic mass is 16.5. The lowest BCUT2D eigenvalue weighted by atomic mass is 9.92. The van der Waals surface area contributed by atoms with Gasteiger partial charge in [0.1, 0.15) is 11.9 Å². The quantitative estimate of drug-likeness (QED) is 0.833. The van der Waals surface area contributed by atoms with Gasteiger partial charge in [0.2, 0.25) is 5.91 Å². The summed E-state index contributed by atoms with van der Waals surface area (Å²) < 4.78 is 7.91. The van der Waals surface area contributed by atoms with Gasteiger partial charge in [-0.25, -0.2) is 4.98 Å². The largest absolute Gasteiger partial charge is 0.387 e. The van der Waals surface area contributed by atoms with Crippen molar-refractivity contribution in [3.63, 3.8) is 0 Å². The minimum absolute atomic E-state index is 0.0912. The van der Waals surface area contributed by atoms with Gasteiger partial charge >= 0.3 is 0 Å². The van der Waals surface area contributed by atoms with Crippen LogP contribution in [0.25, 0.3) is 0 Å². The van der Waals surface area contributed by atoms with Gasteiger partial charge in [0.25, 0.3) is 0 Å². The van der Waals surface area contributed by atoms with E-state index < -0.39 is 6.10 Å². The Hall–Kier alpha value is -2.18. The van der Waals surface area contributed by atoms with Crippen LogP contribution in [-0.4, -0.2) is 33.7 Å². The molecule has 1 unspecified atom stereocenters. The highest BCUT2D eigenvalue weighted by molar-refractivity contribution is 5.79. The average Bonchev–Trinajstić information content (AvgIpc) is 3.15. The number of aromatic nitrogens is 2. The summed E-state index contributed by atoms with van der Waals surface area (Å²) in [7, 11) is 0. The first kappa shape index (κ1) is 18.6. The van der Waals surface area contributed by atoms with Crippen molar-refractivity contribution in [2.75, 3.05) is 13.2 Å². The number of aliphatic hydroxyl groups is 1. The maximum absolute atomic E-state index is 12.8. The predicted molar refractivity (Wildman–Crippen MR) is 98.5 cm³/mol. The van der Waals surface area contributed by atoms with Crippen LogP contribution in [0.3, 0.4) is 0 Å². The molecule has 0 bridgehead atoms. The third kappa shape index (κ3) is 4.14. The van der Waals surface area contributed by atoms with E-state index >= 15 is 0 Å². The van der Waals surface area contributed by atoms with Crippen molar-refractivity contribution in [2.45, 2.75) is 45.4 Å². The number of carbonyl (C=O) groups is 1. The maximum atomic E-state index is 12.8. The minimum atomic E-state index is -0.722. The van der Waals surface area contributed by atoms with Crippen LogP contribution in [-0.2, 0) is 16.1 Å². The number of aliphatic hydroxyl groups excluding tert-OH is 1. The van der Waals surface area contributed by atoms with Crippen LogP contribution < -0.4 is 5.32 Å². The summed E-state index contributed by atoms with van der Waals surface area (Å²) in [6.45, 7) is 5.66. The van der Waals surface area contributed by atoms with Gasteiger partial charge in [-0.05, 0) is 32.3 Å². The van der Waals surface area contributed by atoms with Crippen LogP contribution in [0.2, 0.25) is 0 Å². The topological polar surface area (TPSA) is 76.4 Å². The average molecular weight is 357 g/mol. The number of nitrogens with one attached hydrogen (secondary N) is 1. The highest BCUT2D eigenvalue weighted by Gasteiger charge is 2.35. The Morgan fingerprint density at radius 1 is 1.42 bits per heavy atom. The molecular formula is C20H27N3O3. The molecule has 2 aromatic rings. The third-order valence-corrected chi connectivity index (χ3v) is 4.93. The van der Waals surface area contributed by atoms with Crippen molar-refractivity contribution in [2.24, 2.45) is 5.92 Å². The van der Waals surface area contributed by atoms with E-state index in [0.29, 0.717) is 6.61 Å². The van der Waals surface area contributed by atoms with Gasteiger partial charge in [-0.15, -0.1) is 0 Å². The Morgan fingerprint density at radius 2 is 2.19 bits per heavy atom. The van der Waals surface area contributed by atoms with Gasteiger partial charge in [-0.2, -0.15) is 0 Å². The lowest BCUT2D eigenvalue weighted by molar-refractivity contribution is -0.135. The molecule has 1 saturated heterocycles. The summed E-state index contributed by atoms with van der Waals surface area (Å²) in [5, 5.41) is 13.2. The molecule has 6 nitrogen and oxygen atoms in total. The lowest BCUT2D eigenvalue weighted by Crippen LogP contribution is -2.40. The molecule has 2 N–H and O–H groups in total. The number of hydrogen-bond acceptors (Lipinski definition) is 4. The fourth-order valence-corrected chi connectivity index (χ4v) is 3.38. The molecule has 140 valence electrons. The molecule has 1 aromatic heterocycles. The van der Waals surface area contributed by atoms with E-state index in [9.17, 15) is 9.90 Å². The molecule has 6 heteroatoms. The Kier molecular flexibility index (Phi) is 6.06. The SMILES string of the molecule is CCn1ccnc1[C@@H]1OCCC[C@H]1C(=O)NCC(O)c1ccc(C)cc1. The number of benzene rings is 1. The van der Waals surface area contributed by atoms with E-state index in [0.717, 1.165) is 36.3 Å². The highest BCUT2D eigenvalue weighted by Crippen LogP contribution is 2.33. The molecular weight excluding hydrogens is 330 g/mol. The number of imidazole rings is 1. The molecule has 3 rings (SSSR count). The number of amides is 1. The van der Waals surface area contributed by atoms with Crippen LogP contribution in [0.15, 0.2) is 36.7 Å². The Balaban J connectivity index is 1.64. The first-order chi connectivity index (χ1) is 12.6. The second-order valence-corrected chi connectivity index (χ2v) is 6.78. The summed E-state index contributed by atoms with van der Waals surface area (Å²) >= 11 is 0. The molecule has 0 spiro atoms. The van der Waals surface area contributed by atoms with E-state index in [1.165, 1.54) is 0 Å². The van der Waals surface area contributed by atoms with Crippen LogP contribution in [0.5, 0.6) is 0 Å². The molecule has 0 saturated carbocycles. The van der Waals surface area contributed by atoms with Gasteiger partial charge in [-0.3, -0.25) is 4.79 Å². The maximum Gasteiger partial charge on any atom is 0.226 e. The van der Waals surface area contributed by atoms with E-state index in [4.69, 9.17) is 4.74 Å². The minimum Gasteiger partial charge on any atom is -0.387 e. The lowest BCUT2D eigenvalue weighted by Gasteiger charge is -2.31. The fraction of sp³-hybridized carbons (Fsp3) is 0.500. The zero-order valence-corrected chi connectivity index (χ0v) is 15.4. The van der Waals surface area contributed by atoms with Crippen molar-refractivity contribution in [3.8, 4) is 0 Å². The van der Waals surface area contributed by atoms with Crippen molar-refractivity contribution >= 4 is 5.91 Å². The second kappa shape index (κ2) is 8.47. The third-order valence-electron chi connectivity index (χ3n) is 4.93. The Labute approximate surface area is 154 Å². The number of rotatable bonds is 6. The van der Waals surface area contributed by atoms with E-state index in [2.05, 4.69) is 10.3 Å². The molecule has 1 aromatic carbocycles. The van der Waals surface area contributed by atoms with Crippen LogP contribution in [0.4, 0.5) is 0 Å². The fourth-order valence-electron chi connectivity index (χ4n) is 3.38. The molecule has 1 aliphatic heterocycles. The first-order valence-corrected chi connectivity index (χ1v) is 9.25. The monoisotopic (exact) mass is 357 g/mol. The van der Waals surface area contributed by atoms with E-state index in [-0.39, 0.29) is 24.5 Å². The first-order valence-electron chi connectivity index (χ1n) is 9.25. The van der Waals surface area contributed by atoms with Gasteiger partial charge in [0.15, 0.2) is 0 Å². The van der Waals surface area contributed by atoms with Gasteiger partial charge in [0, 0.05) is 32.1 Å². The van der Waals surface area contributed by atoms with Crippen LogP contribution in [0.1, 0.15) is 48.9 Å². The molecule has 3 atom stereocenters. The molecule has 1 amide bonds. The van der Waals surface area contributed by atoms with Gasteiger partial charge in [-0.1, -0.05) is 29.8 Å². The summed E-state index contributed by atoms with van der Waals surface area (Å²) in [5.41, 5.74) is 1.94. The van der Waals surface area contributed by atoms with E-state index in [1.54, 1.807) is 6.20 Å². The summed E-state index contributed by atoms with van der Waals surface area (Å²) in [6, 6.07) is 7.68. The standard InChI is InChI=1S/C20H27N3O3/c1-3-23-11-10-21-19(23)18-16(5-4-12-26-18)20(25)22-13-17(24)15-8-6-14(2)7-9-15/h6-11,16-18,24H,3-5,12-13H2,1-2H3,(H,22,25)/t16-,17?,18-/m1/s1. The smallest absolute Gasteiger partial charge is 0.226 e. The van der Waals surface area contributed by atoms with Crippen molar-refractivity contribution < 1.29 is 14.6 Å². The zero-order valence-electron chi connectivity index (χ0n) is 15.4. The number of aryl methyl sites for hydroxylation is 2. The van der Waals surface area contributed by atoms with E-state index in [1.807, 2.05) is 48.9 Å². The Bertz CT molecular complexity index is 726. The Morgan fingerprint density at radius 3 is 2.92 bits per heavy atom. The number of ether oxygens (including phenoxy) is 1. The second-order valence-electron chi connectivity index (χ2n) is 6.78. The summed E-state index contributed by atoms with van der Waals surface area (Å²) in [4.78, 5) is 17.2. The van der Waals surface area contributed by atoms with Crippen molar-refractivity contribution in [1.29, 1.82) is 0 Å². The molecule has 0 radical (unpaired) electrons. The van der Waals surface area contributed by atoms with Crippen molar-refractivity contribution in [3.05, 3.63) is 53.6 Å². The molecule has 1 aliphatic rings. The molecule has 26 heavy (non-hydrogen) atoms. The number of carbonyl (C=O) groups excluding carboxylic acids is 1. The molecule has 1 fully saturated rings. The summed E-state index contributed by atoms with van der Waals surface area (Å²) in [5.74, 6) is 0.416. The summed E-state index contributed by atoms with van der Waals surface area (Å²) in [6.07, 6.45) is 4.20. The van der Waals surface area contributed by atoms with Crippen molar-refractivity contribution in [1.82, 2.24) is 14.9 Å². The molecule has 2 heterocycles. The zero-order chi connectivity index (χ0) is 18.5. The predicted octanol–water partition coefficient (Wildman–Crippen LogP) is 2.53. The number of hydrogen-bond donors (Lipinski definition) is 2.